The van der Waals surface area contributed by atoms with Crippen LogP contribution in [0.4, 0.5) is 0 Å². The Hall–Kier alpha value is -2.93. The van der Waals surface area contributed by atoms with Crippen molar-refractivity contribution in [2.75, 3.05) is 26.2 Å². The zero-order chi connectivity index (χ0) is 19.7. The second-order valence-electron chi connectivity index (χ2n) is 7.39. The minimum absolute atomic E-state index is 0.105. The van der Waals surface area contributed by atoms with Crippen molar-refractivity contribution in [2.24, 2.45) is 0 Å². The first-order chi connectivity index (χ1) is 13.5. The fourth-order valence-corrected chi connectivity index (χ4v) is 3.76. The Balaban J connectivity index is 1.37. The molecule has 0 saturated carbocycles. The van der Waals surface area contributed by atoms with E-state index in [0.29, 0.717) is 42.9 Å². The lowest BCUT2D eigenvalue weighted by Gasteiger charge is -2.34. The Labute approximate surface area is 163 Å². The van der Waals surface area contributed by atoms with Gasteiger partial charge in [0.05, 0.1) is 17.4 Å². The van der Waals surface area contributed by atoms with Crippen LogP contribution in [-0.2, 0) is 17.9 Å². The predicted molar refractivity (Wildman–Crippen MR) is 108 cm³/mol. The summed E-state index contributed by atoms with van der Waals surface area (Å²) in [4.78, 5) is 36.5. The van der Waals surface area contributed by atoms with Crippen molar-refractivity contribution in [3.05, 3.63) is 64.0 Å². The molecule has 1 aliphatic rings. The number of H-pyrrole nitrogens is 1. The van der Waals surface area contributed by atoms with Crippen LogP contribution in [0.1, 0.15) is 17.2 Å². The Kier molecular flexibility index (Phi) is 5.00. The number of aryl methyl sites for hydroxylation is 2. The predicted octanol–water partition coefficient (Wildman–Crippen LogP) is 1.69. The van der Waals surface area contributed by atoms with Crippen LogP contribution in [0.25, 0.3) is 10.9 Å². The quantitative estimate of drug-likeness (QED) is 0.749. The van der Waals surface area contributed by atoms with Crippen molar-refractivity contribution in [1.82, 2.24) is 24.3 Å². The maximum Gasteiger partial charge on any atom is 0.258 e. The third-order valence-electron chi connectivity index (χ3n) is 5.47. The van der Waals surface area contributed by atoms with Crippen molar-refractivity contribution in [2.45, 2.75) is 26.9 Å². The van der Waals surface area contributed by atoms with E-state index in [-0.39, 0.29) is 11.5 Å². The lowest BCUT2D eigenvalue weighted by molar-refractivity contribution is -0.133. The number of carbonyl (C=O) groups is 1. The molecule has 1 aliphatic heterocycles. The monoisotopic (exact) mass is 379 g/mol. The number of para-hydroxylation sites is 1. The second-order valence-corrected chi connectivity index (χ2v) is 7.39. The van der Waals surface area contributed by atoms with Crippen LogP contribution >= 0.6 is 0 Å². The smallest absolute Gasteiger partial charge is 0.258 e. The number of piperazine rings is 1. The zero-order valence-electron chi connectivity index (χ0n) is 16.3. The average Bonchev–Trinajstić information content (AvgIpc) is 3.00. The van der Waals surface area contributed by atoms with Crippen LogP contribution in [-0.4, -0.2) is 56.4 Å². The first-order valence-electron chi connectivity index (χ1n) is 9.62. The normalized spacial score (nSPS) is 15.3. The van der Waals surface area contributed by atoms with Gasteiger partial charge in [-0.15, -0.1) is 0 Å². The van der Waals surface area contributed by atoms with Gasteiger partial charge in [-0.3, -0.25) is 14.5 Å². The number of carbonyl (C=O) groups excluding carboxylic acids is 1. The highest BCUT2D eigenvalue weighted by molar-refractivity contribution is 5.77. The molecule has 0 radical (unpaired) electrons. The Bertz CT molecular complexity index is 1040. The van der Waals surface area contributed by atoms with Gasteiger partial charge in [0.1, 0.15) is 12.4 Å². The summed E-state index contributed by atoms with van der Waals surface area (Å²) in [5.74, 6) is 0.821. The van der Waals surface area contributed by atoms with E-state index in [9.17, 15) is 9.59 Å². The van der Waals surface area contributed by atoms with Crippen LogP contribution in [0.5, 0.6) is 0 Å². The Morgan fingerprint density at radius 1 is 1.04 bits per heavy atom. The molecule has 7 heteroatoms. The highest BCUT2D eigenvalue weighted by Gasteiger charge is 2.22. The number of amides is 1. The third-order valence-corrected chi connectivity index (χ3v) is 5.47. The van der Waals surface area contributed by atoms with Crippen LogP contribution < -0.4 is 5.56 Å². The van der Waals surface area contributed by atoms with E-state index in [4.69, 9.17) is 0 Å². The van der Waals surface area contributed by atoms with E-state index >= 15 is 0 Å². The summed E-state index contributed by atoms with van der Waals surface area (Å²) in [6.45, 7) is 7.94. The van der Waals surface area contributed by atoms with Gasteiger partial charge >= 0.3 is 0 Å². The van der Waals surface area contributed by atoms with Gasteiger partial charge in [0.2, 0.25) is 5.91 Å². The third kappa shape index (κ3) is 3.71. The molecule has 146 valence electrons. The number of aromatic amines is 1. The number of fused-ring (bicyclic) bond motifs is 1. The van der Waals surface area contributed by atoms with Gasteiger partial charge in [0, 0.05) is 37.6 Å². The minimum atomic E-state index is -0.105. The summed E-state index contributed by atoms with van der Waals surface area (Å²) < 4.78 is 2.05. The molecule has 0 atom stereocenters. The topological polar surface area (TPSA) is 74.2 Å². The highest BCUT2D eigenvalue weighted by Crippen LogP contribution is 2.11. The second kappa shape index (κ2) is 7.59. The molecule has 1 aromatic carbocycles. The first kappa shape index (κ1) is 18.4. The standard InChI is InChI=1S/C21H25N5O2/c1-15-7-8-16(2)26(15)14-20(27)25-11-9-24(10-12-25)13-19-22-18-6-4-3-5-17(18)21(28)23-19/h3-8H,9-14H2,1-2H3,(H,22,23,28). The summed E-state index contributed by atoms with van der Waals surface area (Å²) in [5.41, 5.74) is 2.83. The fraction of sp³-hybridized carbons (Fsp3) is 0.381. The molecular weight excluding hydrogens is 354 g/mol. The van der Waals surface area contributed by atoms with Crippen LogP contribution in [0.3, 0.4) is 0 Å². The molecule has 1 N–H and O–H groups in total. The molecule has 0 unspecified atom stereocenters. The van der Waals surface area contributed by atoms with Gasteiger partial charge < -0.3 is 14.5 Å². The number of nitrogens with zero attached hydrogens (tertiary/aromatic N) is 4. The van der Waals surface area contributed by atoms with Crippen molar-refractivity contribution in [1.29, 1.82) is 0 Å². The molecule has 7 nitrogen and oxygen atoms in total. The van der Waals surface area contributed by atoms with E-state index in [0.717, 1.165) is 24.5 Å². The molecule has 0 bridgehead atoms. The van der Waals surface area contributed by atoms with E-state index in [1.165, 1.54) is 0 Å². The molecule has 3 heterocycles. The van der Waals surface area contributed by atoms with Crippen molar-refractivity contribution in [3.8, 4) is 0 Å². The van der Waals surface area contributed by atoms with E-state index in [1.54, 1.807) is 6.07 Å². The molecule has 28 heavy (non-hydrogen) atoms. The maximum absolute atomic E-state index is 12.7. The summed E-state index contributed by atoms with van der Waals surface area (Å²) >= 11 is 0. The van der Waals surface area contributed by atoms with Crippen LogP contribution in [0, 0.1) is 13.8 Å². The molecule has 0 aliphatic carbocycles. The average molecular weight is 379 g/mol. The van der Waals surface area contributed by atoms with E-state index in [1.807, 2.05) is 49.1 Å². The number of hydrogen-bond donors (Lipinski definition) is 1. The molecule has 4 rings (SSSR count). The highest BCUT2D eigenvalue weighted by atomic mass is 16.2. The Morgan fingerprint density at radius 3 is 2.43 bits per heavy atom. The van der Waals surface area contributed by atoms with Gasteiger partial charge in [-0.05, 0) is 38.1 Å². The molecule has 1 amide bonds. The molecule has 1 fully saturated rings. The first-order valence-corrected chi connectivity index (χ1v) is 9.62. The molecule has 1 saturated heterocycles. The van der Waals surface area contributed by atoms with Gasteiger partial charge in [-0.1, -0.05) is 12.1 Å². The van der Waals surface area contributed by atoms with Crippen molar-refractivity contribution >= 4 is 16.8 Å². The number of benzene rings is 1. The van der Waals surface area contributed by atoms with Crippen LogP contribution in [0.15, 0.2) is 41.2 Å². The summed E-state index contributed by atoms with van der Waals surface area (Å²) in [7, 11) is 0. The van der Waals surface area contributed by atoms with Gasteiger partial charge in [0.15, 0.2) is 0 Å². The minimum Gasteiger partial charge on any atom is -0.340 e. The number of rotatable bonds is 4. The molecule has 0 spiro atoms. The number of aromatic nitrogens is 3. The SMILES string of the molecule is Cc1ccc(C)n1CC(=O)N1CCN(Cc2nc3ccccc3c(=O)[nH]2)CC1. The Morgan fingerprint density at radius 2 is 1.71 bits per heavy atom. The fourth-order valence-electron chi connectivity index (χ4n) is 3.76. The van der Waals surface area contributed by atoms with Crippen molar-refractivity contribution < 1.29 is 4.79 Å². The lowest BCUT2D eigenvalue weighted by atomic mass is 10.2. The van der Waals surface area contributed by atoms with Gasteiger partial charge in [-0.25, -0.2) is 4.98 Å². The summed E-state index contributed by atoms with van der Waals surface area (Å²) in [6, 6.07) is 11.4. The number of nitrogens with one attached hydrogen (secondary N) is 1. The molecular formula is C21H25N5O2. The van der Waals surface area contributed by atoms with Crippen molar-refractivity contribution in [3.63, 3.8) is 0 Å². The maximum atomic E-state index is 12.7. The van der Waals surface area contributed by atoms with E-state index in [2.05, 4.69) is 19.4 Å². The zero-order valence-corrected chi connectivity index (χ0v) is 16.3. The number of hydrogen-bond acceptors (Lipinski definition) is 4. The van der Waals surface area contributed by atoms with Crippen LogP contribution in [0.2, 0.25) is 0 Å². The summed E-state index contributed by atoms with van der Waals surface area (Å²) in [5, 5.41) is 0.609. The largest absolute Gasteiger partial charge is 0.340 e. The molecule has 2 aromatic heterocycles. The summed E-state index contributed by atoms with van der Waals surface area (Å²) in [6.07, 6.45) is 0. The lowest BCUT2D eigenvalue weighted by Crippen LogP contribution is -2.49. The van der Waals surface area contributed by atoms with E-state index < -0.39 is 0 Å². The van der Waals surface area contributed by atoms with Gasteiger partial charge in [0.25, 0.3) is 5.56 Å². The molecule has 3 aromatic rings. The van der Waals surface area contributed by atoms with Gasteiger partial charge in [-0.2, -0.15) is 0 Å².